The molecule has 0 aromatic carbocycles. The predicted molar refractivity (Wildman–Crippen MR) is 26.9 cm³/mol. The topological polar surface area (TPSA) is 20.2 Å². The monoisotopic (exact) mass is 106 g/mol. The number of hydrogen-bond acceptors (Lipinski definition) is 1. The average molecular weight is 106 g/mol. The maximum Gasteiger partial charge on any atom is 0.125 e. The number of alkyl halides is 1. The van der Waals surface area contributed by atoms with Crippen LogP contribution in [-0.2, 0) is 0 Å². The van der Waals surface area contributed by atoms with E-state index in [0.29, 0.717) is 6.42 Å². The Balaban J connectivity index is 3.14. The molecule has 0 aliphatic heterocycles. The van der Waals surface area contributed by atoms with Gasteiger partial charge in [0, 0.05) is 0 Å². The molecule has 0 unspecified atom stereocenters. The zero-order valence-corrected chi connectivity index (χ0v) is 4.69. The lowest BCUT2D eigenvalue weighted by Gasteiger charge is -2.05. The van der Waals surface area contributed by atoms with Crippen LogP contribution in [0, 0.1) is 0 Å². The third-order valence-corrected chi connectivity index (χ3v) is 0.913. The Hall–Kier alpha value is -0.110. The van der Waals surface area contributed by atoms with E-state index in [1.165, 1.54) is 6.92 Å². The van der Waals surface area contributed by atoms with Gasteiger partial charge in [0.1, 0.15) is 6.17 Å². The van der Waals surface area contributed by atoms with Crippen molar-refractivity contribution in [2.75, 3.05) is 0 Å². The van der Waals surface area contributed by atoms with Crippen LogP contribution in [-0.4, -0.2) is 17.4 Å². The molecular weight excluding hydrogens is 95.1 g/mol. The molecule has 0 fully saturated rings. The minimum Gasteiger partial charge on any atom is -0.390 e. The van der Waals surface area contributed by atoms with Gasteiger partial charge in [0.25, 0.3) is 0 Å². The van der Waals surface area contributed by atoms with Gasteiger partial charge < -0.3 is 5.11 Å². The SMILES string of the molecule is CC[C@H](F)[C@H](C)O. The number of hydrogen-bond donors (Lipinski definition) is 1. The van der Waals surface area contributed by atoms with Crippen molar-refractivity contribution in [2.45, 2.75) is 32.5 Å². The highest BCUT2D eigenvalue weighted by molar-refractivity contribution is 4.57. The first-order valence-electron chi connectivity index (χ1n) is 2.50. The van der Waals surface area contributed by atoms with Crippen molar-refractivity contribution >= 4 is 0 Å². The highest BCUT2D eigenvalue weighted by atomic mass is 19.1. The molecule has 1 N–H and O–H groups in total. The van der Waals surface area contributed by atoms with Crippen molar-refractivity contribution in [1.29, 1.82) is 0 Å². The van der Waals surface area contributed by atoms with Gasteiger partial charge in [-0.3, -0.25) is 0 Å². The van der Waals surface area contributed by atoms with Gasteiger partial charge in [-0.2, -0.15) is 0 Å². The molecular formula is C5H11FO. The van der Waals surface area contributed by atoms with E-state index >= 15 is 0 Å². The second kappa shape index (κ2) is 2.97. The molecule has 44 valence electrons. The van der Waals surface area contributed by atoms with Crippen molar-refractivity contribution in [3.05, 3.63) is 0 Å². The van der Waals surface area contributed by atoms with Gasteiger partial charge in [0.05, 0.1) is 6.10 Å². The summed E-state index contributed by atoms with van der Waals surface area (Å²) in [5.74, 6) is 0. The van der Waals surface area contributed by atoms with E-state index in [0.717, 1.165) is 0 Å². The smallest absolute Gasteiger partial charge is 0.125 e. The fourth-order valence-electron chi connectivity index (χ4n) is 0.341. The molecule has 0 heterocycles. The van der Waals surface area contributed by atoms with Crippen LogP contribution < -0.4 is 0 Å². The molecule has 0 saturated carbocycles. The number of aliphatic hydroxyl groups is 1. The van der Waals surface area contributed by atoms with Crippen LogP contribution in [0.2, 0.25) is 0 Å². The van der Waals surface area contributed by atoms with Crippen molar-refractivity contribution in [3.63, 3.8) is 0 Å². The second-order valence-electron chi connectivity index (χ2n) is 1.66. The molecule has 0 aliphatic rings. The fourth-order valence-corrected chi connectivity index (χ4v) is 0.341. The molecule has 0 aromatic heterocycles. The van der Waals surface area contributed by atoms with E-state index in [9.17, 15) is 4.39 Å². The summed E-state index contributed by atoms with van der Waals surface area (Å²) in [6.07, 6.45) is -1.44. The molecule has 0 amide bonds. The van der Waals surface area contributed by atoms with Gasteiger partial charge in [0.2, 0.25) is 0 Å². The summed E-state index contributed by atoms with van der Waals surface area (Å²) in [5.41, 5.74) is 0. The molecule has 0 saturated heterocycles. The van der Waals surface area contributed by atoms with Gasteiger partial charge in [-0.15, -0.1) is 0 Å². The largest absolute Gasteiger partial charge is 0.390 e. The molecule has 0 radical (unpaired) electrons. The molecule has 7 heavy (non-hydrogen) atoms. The van der Waals surface area contributed by atoms with Gasteiger partial charge in [0.15, 0.2) is 0 Å². The van der Waals surface area contributed by atoms with Crippen LogP contribution >= 0.6 is 0 Å². The predicted octanol–water partition coefficient (Wildman–Crippen LogP) is 1.12. The minimum absolute atomic E-state index is 0.400. The quantitative estimate of drug-likeness (QED) is 0.559. The Morgan fingerprint density at radius 2 is 2.14 bits per heavy atom. The summed E-state index contributed by atoms with van der Waals surface area (Å²) in [4.78, 5) is 0. The molecule has 2 atom stereocenters. The normalized spacial score (nSPS) is 18.9. The van der Waals surface area contributed by atoms with Crippen LogP contribution in [0.1, 0.15) is 20.3 Å². The van der Waals surface area contributed by atoms with Gasteiger partial charge in [-0.25, -0.2) is 4.39 Å². The standard InChI is InChI=1S/C5H11FO/c1-3-5(6)4(2)7/h4-5,7H,3H2,1-2H3/t4-,5-/m0/s1. The zero-order chi connectivity index (χ0) is 5.86. The molecule has 2 heteroatoms. The third-order valence-electron chi connectivity index (χ3n) is 0.913. The van der Waals surface area contributed by atoms with Gasteiger partial charge in [-0.1, -0.05) is 6.92 Å². The average Bonchev–Trinajstić information content (AvgIpc) is 1.65. The Kier molecular flexibility index (Phi) is 2.92. The molecule has 0 aromatic rings. The van der Waals surface area contributed by atoms with Crippen LogP contribution in [0.3, 0.4) is 0 Å². The van der Waals surface area contributed by atoms with E-state index in [1.54, 1.807) is 6.92 Å². The van der Waals surface area contributed by atoms with E-state index in [1.807, 2.05) is 0 Å². The highest BCUT2D eigenvalue weighted by Gasteiger charge is 2.08. The molecule has 0 spiro atoms. The zero-order valence-electron chi connectivity index (χ0n) is 4.69. The summed E-state index contributed by atoms with van der Waals surface area (Å²) in [5, 5.41) is 8.45. The van der Waals surface area contributed by atoms with Gasteiger partial charge in [-0.05, 0) is 13.3 Å². The molecule has 0 aliphatic carbocycles. The summed E-state index contributed by atoms with van der Waals surface area (Å²) in [7, 11) is 0. The molecule has 1 nitrogen and oxygen atoms in total. The van der Waals surface area contributed by atoms with E-state index in [2.05, 4.69) is 0 Å². The summed E-state index contributed by atoms with van der Waals surface area (Å²) in [6.45, 7) is 3.16. The van der Waals surface area contributed by atoms with Crippen molar-refractivity contribution in [1.82, 2.24) is 0 Å². The highest BCUT2D eigenvalue weighted by Crippen LogP contribution is 2.00. The lowest BCUT2D eigenvalue weighted by molar-refractivity contribution is 0.0908. The molecule has 0 rings (SSSR count). The lowest BCUT2D eigenvalue weighted by Crippen LogP contribution is -2.15. The van der Waals surface area contributed by atoms with E-state index in [-0.39, 0.29) is 0 Å². The maximum absolute atomic E-state index is 12.0. The Morgan fingerprint density at radius 1 is 1.71 bits per heavy atom. The summed E-state index contributed by atoms with van der Waals surface area (Å²) in [6, 6.07) is 0. The number of rotatable bonds is 2. The Bertz CT molecular complexity index is 45.3. The molecule has 0 bridgehead atoms. The van der Waals surface area contributed by atoms with Crippen molar-refractivity contribution in [3.8, 4) is 0 Å². The Labute approximate surface area is 43.2 Å². The fraction of sp³-hybridized carbons (Fsp3) is 1.00. The Morgan fingerprint density at radius 3 is 2.14 bits per heavy atom. The van der Waals surface area contributed by atoms with Crippen molar-refractivity contribution < 1.29 is 9.50 Å². The van der Waals surface area contributed by atoms with Crippen LogP contribution in [0.15, 0.2) is 0 Å². The lowest BCUT2D eigenvalue weighted by atomic mass is 10.2. The first-order valence-corrected chi connectivity index (χ1v) is 2.50. The van der Waals surface area contributed by atoms with E-state index in [4.69, 9.17) is 5.11 Å². The number of halogens is 1. The van der Waals surface area contributed by atoms with Crippen LogP contribution in [0.25, 0.3) is 0 Å². The van der Waals surface area contributed by atoms with Gasteiger partial charge >= 0.3 is 0 Å². The summed E-state index contributed by atoms with van der Waals surface area (Å²) < 4.78 is 12.0. The van der Waals surface area contributed by atoms with E-state index < -0.39 is 12.3 Å². The second-order valence-corrected chi connectivity index (χ2v) is 1.66. The number of aliphatic hydroxyl groups excluding tert-OH is 1. The maximum atomic E-state index is 12.0. The first kappa shape index (κ1) is 6.89. The first-order chi connectivity index (χ1) is 3.18. The third kappa shape index (κ3) is 2.57. The van der Waals surface area contributed by atoms with Crippen LogP contribution in [0.5, 0.6) is 0 Å². The summed E-state index contributed by atoms with van der Waals surface area (Å²) >= 11 is 0. The van der Waals surface area contributed by atoms with Crippen LogP contribution in [0.4, 0.5) is 4.39 Å². The minimum atomic E-state index is -1.04. The van der Waals surface area contributed by atoms with Crippen molar-refractivity contribution in [2.24, 2.45) is 0 Å².